The average Bonchev–Trinajstić information content (AvgIpc) is 3.87. The maximum atomic E-state index is 5.75. The Morgan fingerprint density at radius 3 is 1.37 bits per heavy atom. The van der Waals surface area contributed by atoms with Crippen LogP contribution in [0.3, 0.4) is 0 Å². The topological polar surface area (TPSA) is 30.7 Å². The first-order valence-corrected chi connectivity index (χ1v) is 21.2. The number of fused-ring (bicyclic) bond motifs is 13. The zero-order chi connectivity index (χ0) is 39.3. The Morgan fingerprint density at radius 1 is 0.333 bits per heavy atom. The highest BCUT2D eigenvalue weighted by atomic mass is 32.1. The van der Waals surface area contributed by atoms with E-state index in [4.69, 9.17) is 9.97 Å². The number of nitrogens with zero attached hydrogens (tertiary/aromatic N) is 3. The fourth-order valence-corrected chi connectivity index (χ4v) is 11.0. The van der Waals surface area contributed by atoms with Crippen molar-refractivity contribution in [2.45, 2.75) is 0 Å². The Labute approximate surface area is 349 Å². The predicted molar refractivity (Wildman–Crippen MR) is 256 cm³/mol. The van der Waals surface area contributed by atoms with E-state index < -0.39 is 0 Å². The van der Waals surface area contributed by atoms with Crippen LogP contribution in [0.15, 0.2) is 200 Å². The first-order valence-electron chi connectivity index (χ1n) is 20.4. The van der Waals surface area contributed by atoms with Gasteiger partial charge in [0.05, 0.1) is 22.2 Å². The van der Waals surface area contributed by atoms with Gasteiger partial charge in [0, 0.05) is 41.9 Å². The maximum absolute atomic E-state index is 5.75. The molecule has 0 radical (unpaired) electrons. The van der Waals surface area contributed by atoms with Crippen LogP contribution in [0.25, 0.3) is 125 Å². The monoisotopic (exact) mass is 779 g/mol. The van der Waals surface area contributed by atoms with E-state index in [-0.39, 0.29) is 0 Å². The third kappa shape index (κ3) is 4.83. The summed E-state index contributed by atoms with van der Waals surface area (Å²) in [6.07, 6.45) is 0. The zero-order valence-corrected chi connectivity index (χ0v) is 33.1. The second kappa shape index (κ2) is 12.9. The lowest BCUT2D eigenvalue weighted by Gasteiger charge is -2.15. The lowest BCUT2D eigenvalue weighted by atomic mass is 9.92. The highest BCUT2D eigenvalue weighted by Gasteiger charge is 2.24. The summed E-state index contributed by atoms with van der Waals surface area (Å²) in [7, 11) is 0. The molecular weight excluding hydrogens is 747 g/mol. The molecular formula is C56H33N3S. The van der Waals surface area contributed by atoms with Crippen molar-refractivity contribution in [3.8, 4) is 39.5 Å². The average molecular weight is 780 g/mol. The minimum absolute atomic E-state index is 0.646. The van der Waals surface area contributed by atoms with E-state index in [0.29, 0.717) is 5.95 Å². The second-order valence-electron chi connectivity index (χ2n) is 15.6. The summed E-state index contributed by atoms with van der Waals surface area (Å²) >= 11 is 1.85. The molecule has 13 aromatic rings. The van der Waals surface area contributed by atoms with Crippen molar-refractivity contribution in [2.75, 3.05) is 0 Å². The summed E-state index contributed by atoms with van der Waals surface area (Å²) in [5, 5.41) is 13.3. The summed E-state index contributed by atoms with van der Waals surface area (Å²) in [6.45, 7) is 0. The van der Waals surface area contributed by atoms with E-state index >= 15 is 0 Å². The number of hydrogen-bond donors (Lipinski definition) is 0. The summed E-state index contributed by atoms with van der Waals surface area (Å²) < 4.78 is 4.89. The lowest BCUT2D eigenvalue weighted by molar-refractivity contribution is 1.02. The lowest BCUT2D eigenvalue weighted by Crippen LogP contribution is -2.04. The Kier molecular flexibility index (Phi) is 7.18. The van der Waals surface area contributed by atoms with E-state index in [2.05, 4.69) is 205 Å². The SMILES string of the molecule is c1ccc(-c2cc3c(c4ccccc24)c2c4ccccc4c(-c4ccccc4)cc2n3-c2nc(-c3cc4sc5ccccc5c4c4ccccc34)c3ccccc3n2)cc1. The van der Waals surface area contributed by atoms with Crippen LogP contribution in [0.5, 0.6) is 0 Å². The fourth-order valence-electron chi connectivity index (χ4n) is 9.81. The molecule has 0 aliphatic carbocycles. The molecule has 0 aliphatic rings. The van der Waals surface area contributed by atoms with Crippen LogP contribution in [0.2, 0.25) is 0 Å². The highest BCUT2D eigenvalue weighted by Crippen LogP contribution is 2.47. The number of aromatic nitrogens is 3. The molecule has 0 N–H and O–H groups in total. The van der Waals surface area contributed by atoms with E-state index in [1.54, 1.807) is 0 Å². The fraction of sp³-hybridized carbons (Fsp3) is 0. The van der Waals surface area contributed by atoms with Gasteiger partial charge in [-0.15, -0.1) is 11.3 Å². The zero-order valence-electron chi connectivity index (χ0n) is 32.3. The number of hydrogen-bond acceptors (Lipinski definition) is 3. The quantitative estimate of drug-likeness (QED) is 0.178. The van der Waals surface area contributed by atoms with E-state index in [9.17, 15) is 0 Å². The van der Waals surface area contributed by atoms with Crippen LogP contribution in [0.1, 0.15) is 0 Å². The summed E-state index contributed by atoms with van der Waals surface area (Å²) in [5.41, 5.74) is 9.78. The molecule has 0 saturated carbocycles. The van der Waals surface area contributed by atoms with Crippen molar-refractivity contribution in [3.05, 3.63) is 200 Å². The van der Waals surface area contributed by atoms with Gasteiger partial charge in [0.2, 0.25) is 5.95 Å². The van der Waals surface area contributed by atoms with Gasteiger partial charge in [-0.1, -0.05) is 170 Å². The van der Waals surface area contributed by atoms with Gasteiger partial charge in [-0.05, 0) is 84.9 Å². The highest BCUT2D eigenvalue weighted by molar-refractivity contribution is 7.26. The first kappa shape index (κ1) is 33.3. The van der Waals surface area contributed by atoms with Crippen molar-refractivity contribution in [1.82, 2.24) is 14.5 Å². The molecule has 13 rings (SSSR count). The molecule has 0 atom stereocenters. The Bertz CT molecular complexity index is 3740. The maximum Gasteiger partial charge on any atom is 0.235 e. The molecule has 3 heterocycles. The van der Waals surface area contributed by atoms with Crippen LogP contribution in [-0.4, -0.2) is 14.5 Å². The molecule has 0 fully saturated rings. The van der Waals surface area contributed by atoms with Crippen LogP contribution >= 0.6 is 11.3 Å². The minimum Gasteiger partial charge on any atom is -0.278 e. The van der Waals surface area contributed by atoms with Gasteiger partial charge in [-0.3, -0.25) is 4.57 Å². The Hall–Kier alpha value is -7.66. The van der Waals surface area contributed by atoms with Crippen LogP contribution < -0.4 is 0 Å². The third-order valence-electron chi connectivity index (χ3n) is 12.4. The molecule has 0 spiro atoms. The van der Waals surface area contributed by atoms with Crippen molar-refractivity contribution >= 4 is 96.5 Å². The second-order valence-corrected chi connectivity index (χ2v) is 16.7. The van der Waals surface area contributed by atoms with E-state index in [1.165, 1.54) is 85.5 Å². The molecule has 3 aromatic heterocycles. The van der Waals surface area contributed by atoms with Crippen molar-refractivity contribution < 1.29 is 0 Å². The van der Waals surface area contributed by atoms with Crippen molar-refractivity contribution in [3.63, 3.8) is 0 Å². The van der Waals surface area contributed by atoms with Crippen molar-refractivity contribution in [2.24, 2.45) is 0 Å². The molecule has 0 bridgehead atoms. The van der Waals surface area contributed by atoms with Crippen LogP contribution in [0.4, 0.5) is 0 Å². The van der Waals surface area contributed by atoms with Gasteiger partial charge in [0.15, 0.2) is 0 Å². The molecule has 60 heavy (non-hydrogen) atoms. The van der Waals surface area contributed by atoms with E-state index in [0.717, 1.165) is 33.2 Å². The van der Waals surface area contributed by atoms with Gasteiger partial charge in [-0.2, -0.15) is 0 Å². The molecule has 0 aliphatic heterocycles. The minimum atomic E-state index is 0.646. The Morgan fingerprint density at radius 2 is 0.783 bits per heavy atom. The van der Waals surface area contributed by atoms with E-state index in [1.807, 2.05) is 11.3 Å². The van der Waals surface area contributed by atoms with Crippen molar-refractivity contribution in [1.29, 1.82) is 0 Å². The smallest absolute Gasteiger partial charge is 0.235 e. The number of benzene rings is 10. The number of para-hydroxylation sites is 1. The van der Waals surface area contributed by atoms with Crippen LogP contribution in [0, 0.1) is 0 Å². The molecule has 0 amide bonds. The molecule has 0 unspecified atom stereocenters. The van der Waals surface area contributed by atoms with Gasteiger partial charge in [-0.25, -0.2) is 9.97 Å². The number of thiophene rings is 1. The molecule has 4 heteroatoms. The van der Waals surface area contributed by atoms with Gasteiger partial charge >= 0.3 is 0 Å². The molecule has 3 nitrogen and oxygen atoms in total. The summed E-state index contributed by atoms with van der Waals surface area (Å²) in [5.74, 6) is 0.646. The predicted octanol–water partition coefficient (Wildman–Crippen LogP) is 15.6. The Balaban J connectivity index is 1.22. The normalized spacial score (nSPS) is 12.0. The van der Waals surface area contributed by atoms with Crippen LogP contribution in [-0.2, 0) is 0 Å². The molecule has 10 aromatic carbocycles. The van der Waals surface area contributed by atoms with Gasteiger partial charge in [0.25, 0.3) is 0 Å². The largest absolute Gasteiger partial charge is 0.278 e. The summed E-state index contributed by atoms with van der Waals surface area (Å²) in [6, 6.07) is 72.5. The van der Waals surface area contributed by atoms with Gasteiger partial charge in [0.1, 0.15) is 0 Å². The standard InChI is InChI=1S/C56H33N3S/c1-3-17-34(18-4-1)44-31-48-53(40-25-11-7-21-36(40)44)54-41-26-12-8-22-37(41)45(35-19-5-2-6-20-35)32-49(54)59(48)56-57-47-29-15-13-27-42(47)55(58-56)46-33-51-52(39-24-10-9-23-38(39)46)43-28-14-16-30-50(43)60-51/h1-33H. The first-order chi connectivity index (χ1) is 29.8. The van der Waals surface area contributed by atoms with Gasteiger partial charge < -0.3 is 0 Å². The summed E-state index contributed by atoms with van der Waals surface area (Å²) in [4.78, 5) is 11.2. The third-order valence-corrected chi connectivity index (χ3v) is 13.5. The molecule has 278 valence electrons. The number of rotatable bonds is 4. The molecule has 0 saturated heterocycles.